The monoisotopic (exact) mass is 358 g/mol. The van der Waals surface area contributed by atoms with Crippen molar-refractivity contribution >= 4 is 12.0 Å². The summed E-state index contributed by atoms with van der Waals surface area (Å²) < 4.78 is 5.45. The van der Waals surface area contributed by atoms with Crippen LogP contribution < -0.4 is 5.32 Å². The molecular formula is C21H30N2O3. The molecule has 2 aliphatic rings. The molecule has 1 aliphatic carbocycles. The summed E-state index contributed by atoms with van der Waals surface area (Å²) in [6.45, 7) is 7.89. The van der Waals surface area contributed by atoms with Gasteiger partial charge in [0.25, 0.3) is 5.91 Å². The molecule has 1 aromatic rings. The van der Waals surface area contributed by atoms with Crippen molar-refractivity contribution in [3.05, 3.63) is 35.4 Å². The second-order valence-corrected chi connectivity index (χ2v) is 8.52. The van der Waals surface area contributed by atoms with Crippen molar-refractivity contribution in [1.82, 2.24) is 10.2 Å². The maximum Gasteiger partial charge on any atom is 0.410 e. The lowest BCUT2D eigenvalue weighted by Gasteiger charge is -2.33. The van der Waals surface area contributed by atoms with Crippen LogP contribution in [0.3, 0.4) is 0 Å². The van der Waals surface area contributed by atoms with E-state index in [1.165, 1.54) is 18.4 Å². The molecule has 1 heterocycles. The number of piperidine rings is 1. The molecule has 1 aromatic carbocycles. The molecule has 0 unspecified atom stereocenters. The number of benzene rings is 1. The molecule has 0 aromatic heterocycles. The summed E-state index contributed by atoms with van der Waals surface area (Å²) >= 11 is 0. The Labute approximate surface area is 156 Å². The highest BCUT2D eigenvalue weighted by atomic mass is 16.6. The van der Waals surface area contributed by atoms with Crippen LogP contribution in [0.2, 0.25) is 0 Å². The van der Waals surface area contributed by atoms with Gasteiger partial charge in [-0.05, 0) is 76.0 Å². The molecule has 142 valence electrons. The van der Waals surface area contributed by atoms with Crippen LogP contribution in [0.15, 0.2) is 24.3 Å². The van der Waals surface area contributed by atoms with Crippen LogP contribution in [0.25, 0.3) is 0 Å². The number of nitrogens with zero attached hydrogens (tertiary/aromatic N) is 1. The molecule has 0 atom stereocenters. The quantitative estimate of drug-likeness (QED) is 0.887. The summed E-state index contributed by atoms with van der Waals surface area (Å²) in [5, 5.41) is 3.00. The first kappa shape index (κ1) is 18.7. The second-order valence-electron chi connectivity index (χ2n) is 8.52. The van der Waals surface area contributed by atoms with Crippen molar-refractivity contribution in [1.29, 1.82) is 0 Å². The Morgan fingerprint density at radius 3 is 2.23 bits per heavy atom. The molecule has 2 fully saturated rings. The molecule has 2 amide bonds. The van der Waals surface area contributed by atoms with E-state index in [4.69, 9.17) is 4.74 Å². The number of likely N-dealkylation sites (tertiary alicyclic amines) is 1. The van der Waals surface area contributed by atoms with Gasteiger partial charge in [-0.2, -0.15) is 0 Å². The standard InChI is InChI=1S/C21H30N2O3/c1-21(2,3)26-20(25)23-12-10-17(11-13-23)16-6-8-18(9-7-16)19(24)22-14-15-4-5-15/h6-9,15,17H,4-5,10-14H2,1-3H3,(H,22,24). The lowest BCUT2D eigenvalue weighted by molar-refractivity contribution is 0.0204. The average molecular weight is 358 g/mol. The first-order valence-corrected chi connectivity index (χ1v) is 9.68. The van der Waals surface area contributed by atoms with E-state index in [0.717, 1.165) is 24.9 Å². The lowest BCUT2D eigenvalue weighted by Crippen LogP contribution is -2.41. The van der Waals surface area contributed by atoms with Crippen molar-refractivity contribution in [2.24, 2.45) is 5.92 Å². The number of hydrogen-bond acceptors (Lipinski definition) is 3. The first-order chi connectivity index (χ1) is 12.3. The fourth-order valence-corrected chi connectivity index (χ4v) is 3.29. The molecule has 0 bridgehead atoms. The van der Waals surface area contributed by atoms with E-state index >= 15 is 0 Å². The molecule has 1 saturated heterocycles. The highest BCUT2D eigenvalue weighted by Gasteiger charge is 2.27. The van der Waals surface area contributed by atoms with Crippen LogP contribution in [-0.2, 0) is 4.74 Å². The van der Waals surface area contributed by atoms with Gasteiger partial charge in [0.05, 0.1) is 0 Å². The van der Waals surface area contributed by atoms with Crippen LogP contribution in [0, 0.1) is 5.92 Å². The Bertz CT molecular complexity index is 636. The molecule has 0 radical (unpaired) electrons. The van der Waals surface area contributed by atoms with E-state index in [0.29, 0.717) is 24.9 Å². The third-order valence-corrected chi connectivity index (χ3v) is 5.04. The van der Waals surface area contributed by atoms with Gasteiger partial charge in [-0.3, -0.25) is 4.79 Å². The van der Waals surface area contributed by atoms with E-state index in [1.54, 1.807) is 4.90 Å². The number of carbonyl (C=O) groups is 2. The Morgan fingerprint density at radius 1 is 1.08 bits per heavy atom. The molecule has 5 nitrogen and oxygen atoms in total. The maximum absolute atomic E-state index is 12.1. The van der Waals surface area contributed by atoms with E-state index in [-0.39, 0.29) is 12.0 Å². The van der Waals surface area contributed by atoms with Crippen molar-refractivity contribution in [3.63, 3.8) is 0 Å². The van der Waals surface area contributed by atoms with Crippen LogP contribution in [-0.4, -0.2) is 42.1 Å². The van der Waals surface area contributed by atoms with Gasteiger partial charge in [0.1, 0.15) is 5.60 Å². The molecule has 0 spiro atoms. The molecular weight excluding hydrogens is 328 g/mol. The van der Waals surface area contributed by atoms with Crippen LogP contribution in [0.5, 0.6) is 0 Å². The van der Waals surface area contributed by atoms with Crippen LogP contribution in [0.1, 0.15) is 68.3 Å². The predicted molar refractivity (Wildman–Crippen MR) is 101 cm³/mol. The number of carbonyl (C=O) groups excluding carboxylic acids is 2. The van der Waals surface area contributed by atoms with E-state index in [2.05, 4.69) is 17.4 Å². The van der Waals surface area contributed by atoms with E-state index < -0.39 is 5.60 Å². The molecule has 1 aliphatic heterocycles. The summed E-state index contributed by atoms with van der Waals surface area (Å²) in [6.07, 6.45) is 4.10. The fraction of sp³-hybridized carbons (Fsp3) is 0.619. The van der Waals surface area contributed by atoms with Gasteiger partial charge in [-0.1, -0.05) is 12.1 Å². The van der Waals surface area contributed by atoms with Crippen molar-refractivity contribution < 1.29 is 14.3 Å². The molecule has 5 heteroatoms. The minimum Gasteiger partial charge on any atom is -0.444 e. The topological polar surface area (TPSA) is 58.6 Å². The van der Waals surface area contributed by atoms with E-state index in [1.807, 2.05) is 32.9 Å². The first-order valence-electron chi connectivity index (χ1n) is 9.68. The fourth-order valence-electron chi connectivity index (χ4n) is 3.29. The normalized spacial score (nSPS) is 18.5. The summed E-state index contributed by atoms with van der Waals surface area (Å²) in [5.41, 5.74) is 1.51. The largest absolute Gasteiger partial charge is 0.444 e. The highest BCUT2D eigenvalue weighted by Crippen LogP contribution is 2.29. The van der Waals surface area contributed by atoms with Gasteiger partial charge >= 0.3 is 6.09 Å². The zero-order chi connectivity index (χ0) is 18.7. The van der Waals surface area contributed by atoms with Gasteiger partial charge in [0, 0.05) is 25.2 Å². The third kappa shape index (κ3) is 5.23. The van der Waals surface area contributed by atoms with Crippen molar-refractivity contribution in [2.75, 3.05) is 19.6 Å². The van der Waals surface area contributed by atoms with Crippen LogP contribution in [0.4, 0.5) is 4.79 Å². The Kier molecular flexibility index (Phi) is 5.54. The van der Waals surface area contributed by atoms with Crippen molar-refractivity contribution in [3.8, 4) is 0 Å². The smallest absolute Gasteiger partial charge is 0.410 e. The Hall–Kier alpha value is -2.04. The van der Waals surface area contributed by atoms with Gasteiger partial charge in [-0.25, -0.2) is 4.79 Å². The summed E-state index contributed by atoms with van der Waals surface area (Å²) in [5.74, 6) is 1.13. The van der Waals surface area contributed by atoms with Crippen LogP contribution >= 0.6 is 0 Å². The number of amides is 2. The Balaban J connectivity index is 1.49. The number of nitrogens with one attached hydrogen (secondary N) is 1. The van der Waals surface area contributed by atoms with E-state index in [9.17, 15) is 9.59 Å². The molecule has 1 saturated carbocycles. The third-order valence-electron chi connectivity index (χ3n) is 5.04. The Morgan fingerprint density at radius 2 is 1.69 bits per heavy atom. The minimum absolute atomic E-state index is 0.0168. The average Bonchev–Trinajstić information content (AvgIpc) is 3.43. The van der Waals surface area contributed by atoms with Crippen molar-refractivity contribution in [2.45, 2.75) is 58.0 Å². The number of rotatable bonds is 4. The summed E-state index contributed by atoms with van der Waals surface area (Å²) in [6, 6.07) is 7.94. The zero-order valence-corrected chi connectivity index (χ0v) is 16.1. The predicted octanol–water partition coefficient (Wildman–Crippen LogP) is 3.94. The molecule has 26 heavy (non-hydrogen) atoms. The summed E-state index contributed by atoms with van der Waals surface area (Å²) in [7, 11) is 0. The SMILES string of the molecule is CC(C)(C)OC(=O)N1CCC(c2ccc(C(=O)NCC3CC3)cc2)CC1. The van der Waals surface area contributed by atoms with Gasteiger partial charge in [0.15, 0.2) is 0 Å². The number of hydrogen-bond donors (Lipinski definition) is 1. The lowest BCUT2D eigenvalue weighted by atomic mass is 9.89. The summed E-state index contributed by atoms with van der Waals surface area (Å²) in [4.78, 5) is 26.1. The maximum atomic E-state index is 12.1. The molecule has 3 rings (SSSR count). The van der Waals surface area contributed by atoms with Gasteiger partial charge in [-0.15, -0.1) is 0 Å². The molecule has 1 N–H and O–H groups in total. The van der Waals surface area contributed by atoms with Gasteiger partial charge in [0.2, 0.25) is 0 Å². The zero-order valence-electron chi connectivity index (χ0n) is 16.1. The minimum atomic E-state index is -0.455. The second kappa shape index (κ2) is 7.68. The number of ether oxygens (including phenoxy) is 1. The van der Waals surface area contributed by atoms with Gasteiger partial charge < -0.3 is 15.0 Å². The highest BCUT2D eigenvalue weighted by molar-refractivity contribution is 5.94.